The molecule has 2 aromatic rings. The highest BCUT2D eigenvalue weighted by Crippen LogP contribution is 2.19. The Balaban J connectivity index is 1.76. The van der Waals surface area contributed by atoms with Gasteiger partial charge in [-0.2, -0.15) is 0 Å². The molecule has 1 saturated carbocycles. The fraction of sp³-hybridized carbons (Fsp3) is 0.353. The number of aryl methyl sites for hydroxylation is 1. The highest BCUT2D eigenvalue weighted by atomic mass is 19.1. The normalized spacial score (nSPS) is 14.7. The van der Waals surface area contributed by atoms with Crippen LogP contribution in [0.4, 0.5) is 15.9 Å². The summed E-state index contributed by atoms with van der Waals surface area (Å²) in [7, 11) is 0. The van der Waals surface area contributed by atoms with Gasteiger partial charge < -0.3 is 10.6 Å². The standard InChI is InChI=1S/C17H19FN4O/c1-11-19-15(17(23)22-13-6-2-3-7-13)10-16(20-11)21-14-8-4-5-12(18)9-14/h4-5,8-10,13H,2-3,6-7H2,1H3,(H,22,23)(H,19,20,21). The van der Waals surface area contributed by atoms with Gasteiger partial charge in [0.15, 0.2) is 0 Å². The minimum absolute atomic E-state index is 0.190. The van der Waals surface area contributed by atoms with Crippen LogP contribution in [0.3, 0.4) is 0 Å². The maximum Gasteiger partial charge on any atom is 0.270 e. The Morgan fingerprint density at radius 3 is 2.74 bits per heavy atom. The van der Waals surface area contributed by atoms with Crippen molar-refractivity contribution < 1.29 is 9.18 Å². The Hall–Kier alpha value is -2.50. The molecule has 1 aliphatic carbocycles. The van der Waals surface area contributed by atoms with E-state index in [-0.39, 0.29) is 17.8 Å². The third kappa shape index (κ3) is 4.03. The zero-order valence-corrected chi connectivity index (χ0v) is 13.0. The van der Waals surface area contributed by atoms with E-state index in [1.165, 1.54) is 12.1 Å². The molecule has 1 heterocycles. The van der Waals surface area contributed by atoms with E-state index in [0.717, 1.165) is 25.7 Å². The molecule has 0 saturated heterocycles. The molecule has 120 valence electrons. The lowest BCUT2D eigenvalue weighted by Crippen LogP contribution is -2.33. The van der Waals surface area contributed by atoms with Crippen LogP contribution in [0.1, 0.15) is 42.0 Å². The zero-order valence-electron chi connectivity index (χ0n) is 13.0. The fourth-order valence-electron chi connectivity index (χ4n) is 2.79. The first-order valence-electron chi connectivity index (χ1n) is 7.79. The number of hydrogen-bond acceptors (Lipinski definition) is 4. The molecule has 3 rings (SSSR count). The van der Waals surface area contributed by atoms with Crippen LogP contribution in [0.15, 0.2) is 30.3 Å². The van der Waals surface area contributed by atoms with Crippen molar-refractivity contribution in [2.24, 2.45) is 0 Å². The third-order valence-corrected chi connectivity index (χ3v) is 3.86. The van der Waals surface area contributed by atoms with E-state index in [2.05, 4.69) is 20.6 Å². The van der Waals surface area contributed by atoms with Crippen LogP contribution >= 0.6 is 0 Å². The third-order valence-electron chi connectivity index (χ3n) is 3.86. The van der Waals surface area contributed by atoms with Crippen molar-refractivity contribution in [3.63, 3.8) is 0 Å². The van der Waals surface area contributed by atoms with Crippen LogP contribution in [0.2, 0.25) is 0 Å². The van der Waals surface area contributed by atoms with Gasteiger partial charge in [0, 0.05) is 17.8 Å². The van der Waals surface area contributed by atoms with Gasteiger partial charge in [-0.25, -0.2) is 14.4 Å². The molecule has 6 heteroatoms. The van der Waals surface area contributed by atoms with Gasteiger partial charge in [0.1, 0.15) is 23.2 Å². The van der Waals surface area contributed by atoms with Gasteiger partial charge in [0.05, 0.1) is 0 Å². The van der Waals surface area contributed by atoms with Gasteiger partial charge in [0.25, 0.3) is 5.91 Å². The first-order valence-corrected chi connectivity index (χ1v) is 7.79. The van der Waals surface area contributed by atoms with Gasteiger partial charge in [-0.3, -0.25) is 4.79 Å². The molecule has 1 aromatic carbocycles. The van der Waals surface area contributed by atoms with E-state index < -0.39 is 0 Å². The van der Waals surface area contributed by atoms with E-state index in [1.807, 2.05) is 0 Å². The Labute approximate surface area is 134 Å². The largest absolute Gasteiger partial charge is 0.348 e. The second-order valence-electron chi connectivity index (χ2n) is 5.78. The van der Waals surface area contributed by atoms with Gasteiger partial charge in [-0.05, 0) is 38.0 Å². The number of benzene rings is 1. The molecule has 0 spiro atoms. The number of carbonyl (C=O) groups excluding carboxylic acids is 1. The molecule has 1 fully saturated rings. The molecule has 1 aromatic heterocycles. The SMILES string of the molecule is Cc1nc(Nc2cccc(F)c2)cc(C(=O)NC2CCCC2)n1. The fourth-order valence-corrected chi connectivity index (χ4v) is 2.79. The lowest BCUT2D eigenvalue weighted by Gasteiger charge is -2.13. The number of carbonyl (C=O) groups is 1. The maximum absolute atomic E-state index is 13.2. The number of nitrogens with one attached hydrogen (secondary N) is 2. The van der Waals surface area contributed by atoms with Crippen molar-refractivity contribution in [2.75, 3.05) is 5.32 Å². The Bertz CT molecular complexity index is 713. The average molecular weight is 314 g/mol. The van der Waals surface area contributed by atoms with Crippen LogP contribution in [0.25, 0.3) is 0 Å². The van der Waals surface area contributed by atoms with Gasteiger partial charge in [-0.1, -0.05) is 18.9 Å². The molecule has 0 aliphatic heterocycles. The van der Waals surface area contributed by atoms with Crippen molar-refractivity contribution in [1.29, 1.82) is 0 Å². The van der Waals surface area contributed by atoms with Crippen molar-refractivity contribution in [2.45, 2.75) is 38.6 Å². The number of amides is 1. The van der Waals surface area contributed by atoms with E-state index in [4.69, 9.17) is 0 Å². The first-order chi connectivity index (χ1) is 11.1. The number of hydrogen-bond donors (Lipinski definition) is 2. The molecule has 2 N–H and O–H groups in total. The van der Waals surface area contributed by atoms with E-state index in [9.17, 15) is 9.18 Å². The van der Waals surface area contributed by atoms with Crippen LogP contribution in [0, 0.1) is 12.7 Å². The van der Waals surface area contributed by atoms with Crippen molar-refractivity contribution >= 4 is 17.4 Å². The molecule has 0 bridgehead atoms. The summed E-state index contributed by atoms with van der Waals surface area (Å²) in [4.78, 5) is 20.8. The molecule has 0 unspecified atom stereocenters. The van der Waals surface area contributed by atoms with E-state index in [1.54, 1.807) is 25.1 Å². The zero-order chi connectivity index (χ0) is 16.2. The lowest BCUT2D eigenvalue weighted by molar-refractivity contribution is 0.0932. The summed E-state index contributed by atoms with van der Waals surface area (Å²) in [6, 6.07) is 7.91. The number of anilines is 2. The molecule has 1 amide bonds. The molecule has 1 aliphatic rings. The van der Waals surface area contributed by atoms with Crippen molar-refractivity contribution in [3.8, 4) is 0 Å². The monoisotopic (exact) mass is 314 g/mol. The summed E-state index contributed by atoms with van der Waals surface area (Å²) in [6.07, 6.45) is 4.34. The Morgan fingerprint density at radius 1 is 1.22 bits per heavy atom. The van der Waals surface area contributed by atoms with Crippen LogP contribution < -0.4 is 10.6 Å². The quantitative estimate of drug-likeness (QED) is 0.908. The number of halogens is 1. The van der Waals surface area contributed by atoms with Crippen molar-refractivity contribution in [3.05, 3.63) is 47.7 Å². The highest BCUT2D eigenvalue weighted by molar-refractivity contribution is 5.93. The first kappa shape index (κ1) is 15.4. The Morgan fingerprint density at radius 2 is 2.00 bits per heavy atom. The summed E-state index contributed by atoms with van der Waals surface area (Å²) >= 11 is 0. The predicted octanol–water partition coefficient (Wildman–Crippen LogP) is 3.34. The van der Waals surface area contributed by atoms with Gasteiger partial charge >= 0.3 is 0 Å². The summed E-state index contributed by atoms with van der Waals surface area (Å²) < 4.78 is 13.2. The molecular weight excluding hydrogens is 295 g/mol. The highest BCUT2D eigenvalue weighted by Gasteiger charge is 2.19. The summed E-state index contributed by atoms with van der Waals surface area (Å²) in [6.45, 7) is 1.73. The minimum atomic E-state index is -0.333. The summed E-state index contributed by atoms with van der Waals surface area (Å²) in [5, 5.41) is 6.01. The van der Waals surface area contributed by atoms with Crippen molar-refractivity contribution in [1.82, 2.24) is 15.3 Å². The maximum atomic E-state index is 13.2. The van der Waals surface area contributed by atoms with Gasteiger partial charge in [0.2, 0.25) is 0 Å². The molecule has 0 atom stereocenters. The van der Waals surface area contributed by atoms with Gasteiger partial charge in [-0.15, -0.1) is 0 Å². The topological polar surface area (TPSA) is 66.9 Å². The summed E-state index contributed by atoms with van der Waals surface area (Å²) in [5.41, 5.74) is 0.897. The number of aromatic nitrogens is 2. The molecule has 0 radical (unpaired) electrons. The van der Waals surface area contributed by atoms with Crippen LogP contribution in [-0.2, 0) is 0 Å². The second kappa shape index (κ2) is 6.73. The van der Waals surface area contributed by atoms with E-state index in [0.29, 0.717) is 23.0 Å². The number of nitrogens with zero attached hydrogens (tertiary/aromatic N) is 2. The minimum Gasteiger partial charge on any atom is -0.348 e. The van der Waals surface area contributed by atoms with E-state index >= 15 is 0 Å². The van der Waals surface area contributed by atoms with Crippen LogP contribution in [0.5, 0.6) is 0 Å². The molecular formula is C17H19FN4O. The lowest BCUT2D eigenvalue weighted by atomic mass is 10.2. The number of rotatable bonds is 4. The average Bonchev–Trinajstić information content (AvgIpc) is 2.99. The molecule has 23 heavy (non-hydrogen) atoms. The smallest absolute Gasteiger partial charge is 0.270 e. The van der Waals surface area contributed by atoms with Crippen LogP contribution in [-0.4, -0.2) is 21.9 Å². The Kier molecular flexibility index (Phi) is 4.50. The second-order valence-corrected chi connectivity index (χ2v) is 5.78. The molecule has 5 nitrogen and oxygen atoms in total. The summed E-state index contributed by atoms with van der Waals surface area (Å²) in [5.74, 6) is 0.437. The predicted molar refractivity (Wildman–Crippen MR) is 86.2 cm³/mol.